The second kappa shape index (κ2) is 11.8. The first-order valence-electron chi connectivity index (χ1n) is 9.50. The number of guanidine groups is 1. The molecule has 6 nitrogen and oxygen atoms in total. The van der Waals surface area contributed by atoms with Crippen LogP contribution in [0.3, 0.4) is 0 Å². The lowest BCUT2D eigenvalue weighted by Gasteiger charge is -2.13. The summed E-state index contributed by atoms with van der Waals surface area (Å²) in [6.07, 6.45) is -2.37. The van der Waals surface area contributed by atoms with E-state index in [9.17, 15) is 13.2 Å². The Bertz CT molecular complexity index is 588. The molecule has 1 heterocycles. The molecule has 1 aromatic rings. The highest BCUT2D eigenvalue weighted by Crippen LogP contribution is 2.30. The Morgan fingerprint density at radius 1 is 1.21 bits per heavy atom. The van der Waals surface area contributed by atoms with Gasteiger partial charge in [0.1, 0.15) is 12.4 Å². The highest BCUT2D eigenvalue weighted by molar-refractivity contribution is 5.79. The van der Waals surface area contributed by atoms with Gasteiger partial charge in [0.25, 0.3) is 0 Å². The van der Waals surface area contributed by atoms with E-state index in [0.29, 0.717) is 44.6 Å². The maximum atomic E-state index is 12.5. The molecule has 1 saturated heterocycles. The van der Waals surface area contributed by atoms with Gasteiger partial charge < -0.3 is 24.8 Å². The van der Waals surface area contributed by atoms with Crippen molar-refractivity contribution in [2.75, 3.05) is 46.1 Å². The SMILES string of the molecule is CCNC(=NCCCOC1CCOC1)NCCOc1ccc(C(F)(F)F)cc1. The predicted molar refractivity (Wildman–Crippen MR) is 101 cm³/mol. The van der Waals surface area contributed by atoms with E-state index in [1.165, 1.54) is 12.1 Å². The second-order valence-corrected chi connectivity index (χ2v) is 6.27. The van der Waals surface area contributed by atoms with E-state index in [1.54, 1.807) is 0 Å². The highest BCUT2D eigenvalue weighted by Gasteiger charge is 2.30. The summed E-state index contributed by atoms with van der Waals surface area (Å²) in [7, 11) is 0. The Kier molecular flexibility index (Phi) is 9.36. The monoisotopic (exact) mass is 403 g/mol. The molecule has 0 amide bonds. The lowest BCUT2D eigenvalue weighted by molar-refractivity contribution is -0.137. The van der Waals surface area contributed by atoms with Gasteiger partial charge in [-0.25, -0.2) is 0 Å². The third-order valence-corrected chi connectivity index (χ3v) is 4.00. The molecule has 0 saturated carbocycles. The summed E-state index contributed by atoms with van der Waals surface area (Å²) in [5.41, 5.74) is -0.691. The number of halogens is 3. The summed E-state index contributed by atoms with van der Waals surface area (Å²) in [6, 6.07) is 4.65. The van der Waals surface area contributed by atoms with E-state index in [-0.39, 0.29) is 6.10 Å². The minimum atomic E-state index is -4.34. The van der Waals surface area contributed by atoms with Gasteiger partial charge in [-0.15, -0.1) is 0 Å². The van der Waals surface area contributed by atoms with Crippen molar-refractivity contribution < 1.29 is 27.4 Å². The molecule has 1 aliphatic heterocycles. The van der Waals surface area contributed by atoms with Crippen LogP contribution in [0.2, 0.25) is 0 Å². The number of hydrogen-bond donors (Lipinski definition) is 2. The Morgan fingerprint density at radius 2 is 2.00 bits per heavy atom. The number of alkyl halides is 3. The molecule has 0 radical (unpaired) electrons. The molecule has 1 fully saturated rings. The van der Waals surface area contributed by atoms with Crippen molar-refractivity contribution >= 4 is 5.96 Å². The molecule has 1 aromatic carbocycles. The van der Waals surface area contributed by atoms with Crippen molar-refractivity contribution in [1.82, 2.24) is 10.6 Å². The molecule has 2 N–H and O–H groups in total. The van der Waals surface area contributed by atoms with Gasteiger partial charge >= 0.3 is 6.18 Å². The first-order chi connectivity index (χ1) is 13.5. The average molecular weight is 403 g/mol. The summed E-state index contributed by atoms with van der Waals surface area (Å²) >= 11 is 0. The third-order valence-electron chi connectivity index (χ3n) is 4.00. The number of rotatable bonds is 10. The van der Waals surface area contributed by atoms with E-state index < -0.39 is 11.7 Å². The minimum Gasteiger partial charge on any atom is -0.492 e. The largest absolute Gasteiger partial charge is 0.492 e. The zero-order valence-electron chi connectivity index (χ0n) is 16.1. The lowest BCUT2D eigenvalue weighted by atomic mass is 10.2. The Labute approximate surface area is 163 Å². The van der Waals surface area contributed by atoms with Crippen molar-refractivity contribution in [1.29, 1.82) is 0 Å². The minimum absolute atomic E-state index is 0.206. The topological polar surface area (TPSA) is 64.1 Å². The molecule has 158 valence electrons. The van der Waals surface area contributed by atoms with Gasteiger partial charge in [0.05, 0.1) is 24.8 Å². The number of benzene rings is 1. The highest BCUT2D eigenvalue weighted by atomic mass is 19.4. The molecule has 0 aliphatic carbocycles. The van der Waals surface area contributed by atoms with Gasteiger partial charge in [-0.3, -0.25) is 4.99 Å². The number of nitrogens with zero attached hydrogens (tertiary/aromatic N) is 1. The normalized spacial score (nSPS) is 17.6. The van der Waals surface area contributed by atoms with Crippen LogP contribution in [0.25, 0.3) is 0 Å². The van der Waals surface area contributed by atoms with Crippen molar-refractivity contribution in [3.8, 4) is 5.75 Å². The number of hydrogen-bond acceptors (Lipinski definition) is 4. The first kappa shape index (κ1) is 22.3. The fraction of sp³-hybridized carbons (Fsp3) is 0.632. The summed E-state index contributed by atoms with van der Waals surface area (Å²) in [5, 5.41) is 6.27. The second-order valence-electron chi connectivity index (χ2n) is 6.27. The summed E-state index contributed by atoms with van der Waals surface area (Å²) < 4.78 is 54.0. The van der Waals surface area contributed by atoms with Crippen molar-refractivity contribution in [2.45, 2.75) is 32.0 Å². The average Bonchev–Trinajstić information content (AvgIpc) is 3.18. The van der Waals surface area contributed by atoms with Gasteiger partial charge in [0, 0.05) is 26.3 Å². The van der Waals surface area contributed by atoms with E-state index in [1.807, 2.05) is 6.92 Å². The van der Waals surface area contributed by atoms with Gasteiger partial charge in [0.2, 0.25) is 0 Å². The fourth-order valence-corrected chi connectivity index (χ4v) is 2.57. The zero-order chi connectivity index (χ0) is 20.2. The van der Waals surface area contributed by atoms with Gasteiger partial charge in [-0.2, -0.15) is 13.2 Å². The Hall–Kier alpha value is -2.00. The van der Waals surface area contributed by atoms with E-state index >= 15 is 0 Å². The molecular formula is C19H28F3N3O3. The van der Waals surface area contributed by atoms with Crippen molar-refractivity contribution in [3.63, 3.8) is 0 Å². The van der Waals surface area contributed by atoms with Crippen LogP contribution in [0, 0.1) is 0 Å². The quantitative estimate of drug-likeness (QED) is 0.357. The fourth-order valence-electron chi connectivity index (χ4n) is 2.57. The van der Waals surface area contributed by atoms with Crippen LogP contribution in [0.5, 0.6) is 5.75 Å². The Morgan fingerprint density at radius 3 is 2.64 bits per heavy atom. The third kappa shape index (κ3) is 8.35. The van der Waals surface area contributed by atoms with Crippen molar-refractivity contribution in [2.24, 2.45) is 4.99 Å². The maximum absolute atomic E-state index is 12.5. The molecule has 1 atom stereocenters. The number of nitrogens with one attached hydrogen (secondary N) is 2. The summed E-state index contributed by atoms with van der Waals surface area (Å²) in [6.45, 7) is 6.19. The van der Waals surface area contributed by atoms with Crippen LogP contribution in [0.15, 0.2) is 29.3 Å². The van der Waals surface area contributed by atoms with Crippen LogP contribution in [0.4, 0.5) is 13.2 Å². The summed E-state index contributed by atoms with van der Waals surface area (Å²) in [4.78, 5) is 4.46. The predicted octanol–water partition coefficient (Wildman–Crippen LogP) is 2.83. The molecule has 1 unspecified atom stereocenters. The van der Waals surface area contributed by atoms with Crippen LogP contribution in [-0.2, 0) is 15.7 Å². The van der Waals surface area contributed by atoms with E-state index in [2.05, 4.69) is 15.6 Å². The Balaban J connectivity index is 1.63. The lowest BCUT2D eigenvalue weighted by Crippen LogP contribution is -2.39. The molecule has 0 spiro atoms. The maximum Gasteiger partial charge on any atom is 0.416 e. The van der Waals surface area contributed by atoms with Crippen LogP contribution < -0.4 is 15.4 Å². The zero-order valence-corrected chi connectivity index (χ0v) is 16.1. The van der Waals surface area contributed by atoms with Crippen molar-refractivity contribution in [3.05, 3.63) is 29.8 Å². The molecule has 1 aliphatic rings. The smallest absolute Gasteiger partial charge is 0.416 e. The molecule has 9 heteroatoms. The van der Waals surface area contributed by atoms with Gasteiger partial charge in [-0.1, -0.05) is 0 Å². The molecular weight excluding hydrogens is 375 g/mol. The van der Waals surface area contributed by atoms with Crippen LogP contribution in [-0.4, -0.2) is 58.1 Å². The van der Waals surface area contributed by atoms with Crippen LogP contribution in [0.1, 0.15) is 25.3 Å². The molecule has 0 bridgehead atoms. The van der Waals surface area contributed by atoms with Gasteiger partial charge in [-0.05, 0) is 44.0 Å². The number of aliphatic imine (C=N–C) groups is 1. The van der Waals surface area contributed by atoms with E-state index in [0.717, 1.165) is 38.1 Å². The molecule has 0 aromatic heterocycles. The standard InChI is InChI=1S/C19H28F3N3O3/c1-2-23-18(24-9-3-11-27-17-8-12-26-14-17)25-10-13-28-16-6-4-15(5-7-16)19(20,21)22/h4-7,17H,2-3,8-14H2,1H3,(H2,23,24,25). The van der Waals surface area contributed by atoms with Gasteiger partial charge in [0.15, 0.2) is 5.96 Å². The number of ether oxygens (including phenoxy) is 3. The molecule has 2 rings (SSSR count). The van der Waals surface area contributed by atoms with E-state index in [4.69, 9.17) is 14.2 Å². The first-order valence-corrected chi connectivity index (χ1v) is 9.50. The molecule has 28 heavy (non-hydrogen) atoms. The summed E-state index contributed by atoms with van der Waals surface area (Å²) in [5.74, 6) is 1.06. The van der Waals surface area contributed by atoms with Crippen LogP contribution >= 0.6 is 0 Å².